The average molecular weight is 306 g/mol. The summed E-state index contributed by atoms with van der Waals surface area (Å²) in [5.74, 6) is 0.630. The largest absolute Gasteiger partial charge is 0.528 e. The fourth-order valence-corrected chi connectivity index (χ4v) is 1.49. The molecule has 0 unspecified atom stereocenters. The van der Waals surface area contributed by atoms with Crippen molar-refractivity contribution >= 4 is 24.6 Å². The Kier molecular flexibility index (Phi) is 5.48. The zero-order valence-electron chi connectivity index (χ0n) is 10.6. The molecule has 0 atom stereocenters. The maximum Gasteiger partial charge on any atom is 0.528 e. The van der Waals surface area contributed by atoms with Crippen LogP contribution in [0.4, 0.5) is 9.59 Å². The molecule has 21 heavy (non-hydrogen) atoms. The van der Waals surface area contributed by atoms with Crippen molar-refractivity contribution in [2.75, 3.05) is 0 Å². The highest BCUT2D eigenvalue weighted by Crippen LogP contribution is 2.15. The van der Waals surface area contributed by atoms with Gasteiger partial charge < -0.3 is 17.8 Å². The van der Waals surface area contributed by atoms with E-state index in [-0.39, 0.29) is 12.3 Å². The lowest BCUT2D eigenvalue weighted by Crippen LogP contribution is -2.10. The minimum Gasteiger partial charge on any atom is -0.394 e. The Labute approximate surface area is 125 Å². The molecule has 2 rings (SSSR count). The van der Waals surface area contributed by atoms with Gasteiger partial charge in [0.15, 0.2) is 0 Å². The predicted octanol–water partition coefficient (Wildman–Crippen LogP) is 3.98. The molecule has 0 radical (unpaired) electrons. The zero-order valence-corrected chi connectivity index (χ0v) is 11.4. The molecule has 0 saturated carbocycles. The molecule has 0 fully saturated rings. The monoisotopic (exact) mass is 306 g/mol. The molecule has 6 nitrogen and oxygen atoms in total. The van der Waals surface area contributed by atoms with Crippen LogP contribution in [0.5, 0.6) is 11.5 Å². The van der Waals surface area contributed by atoms with E-state index in [1.165, 1.54) is 0 Å². The Morgan fingerprint density at radius 3 is 1.43 bits per heavy atom. The van der Waals surface area contributed by atoms with Crippen molar-refractivity contribution < 1.29 is 27.4 Å². The summed E-state index contributed by atoms with van der Waals surface area (Å²) < 4.78 is 18.6. The smallest absolute Gasteiger partial charge is 0.394 e. The molecule has 0 aliphatic rings. The van der Waals surface area contributed by atoms with Gasteiger partial charge in [0.1, 0.15) is 11.5 Å². The fourth-order valence-electron chi connectivity index (χ4n) is 1.28. The minimum absolute atomic E-state index is 0.159. The summed E-state index contributed by atoms with van der Waals surface area (Å²) in [6.07, 6.45) is -2.03. The van der Waals surface area contributed by atoms with Crippen molar-refractivity contribution in [2.24, 2.45) is 0 Å². The van der Waals surface area contributed by atoms with Gasteiger partial charge in [-0.3, -0.25) is 0 Å². The van der Waals surface area contributed by atoms with E-state index in [9.17, 15) is 9.59 Å². The second-order valence-corrected chi connectivity index (χ2v) is 4.03. The lowest BCUT2D eigenvalue weighted by Gasteiger charge is -2.04. The summed E-state index contributed by atoms with van der Waals surface area (Å²) in [5, 5.41) is 0. The topological polar surface area (TPSA) is 71.1 Å². The molecule has 0 aliphatic carbocycles. The number of ether oxygens (including phenoxy) is 2. The van der Waals surface area contributed by atoms with Gasteiger partial charge in [0.2, 0.25) is 0 Å². The lowest BCUT2D eigenvalue weighted by molar-refractivity contribution is 0.144. The Balaban J connectivity index is 1.67. The van der Waals surface area contributed by atoms with Gasteiger partial charge in [0.05, 0.1) is 0 Å². The van der Waals surface area contributed by atoms with Crippen LogP contribution in [0.2, 0.25) is 0 Å². The van der Waals surface area contributed by atoms with E-state index < -0.39 is 12.3 Å². The van der Waals surface area contributed by atoms with Crippen LogP contribution in [-0.2, 0) is 8.37 Å². The molecule has 0 aromatic heterocycles. The molecule has 0 aliphatic heterocycles. The summed E-state index contributed by atoms with van der Waals surface area (Å²) in [7, 11) is 0. The van der Waals surface area contributed by atoms with Gasteiger partial charge >= 0.3 is 24.6 Å². The fraction of sp³-hybridized carbons (Fsp3) is 0. The van der Waals surface area contributed by atoms with Gasteiger partial charge in [-0.25, -0.2) is 9.59 Å². The molecule has 0 heterocycles. The number of carbonyl (C=O) groups is 2. The third kappa shape index (κ3) is 5.45. The highest BCUT2D eigenvalue weighted by atomic mass is 32.2. The van der Waals surface area contributed by atoms with Gasteiger partial charge in [0.25, 0.3) is 0 Å². The third-order valence-electron chi connectivity index (χ3n) is 2.09. The molecule has 0 bridgehead atoms. The van der Waals surface area contributed by atoms with Crippen LogP contribution in [0.25, 0.3) is 0 Å². The normalized spacial score (nSPS) is 9.52. The molecule has 108 valence electrons. The summed E-state index contributed by atoms with van der Waals surface area (Å²) in [6, 6.07) is 16.7. The van der Waals surface area contributed by atoms with E-state index in [2.05, 4.69) is 8.37 Å². The Morgan fingerprint density at radius 2 is 1.05 bits per heavy atom. The minimum atomic E-state index is -1.02. The highest BCUT2D eigenvalue weighted by Gasteiger charge is 2.12. The molecular formula is C14H10O6S. The van der Waals surface area contributed by atoms with Crippen molar-refractivity contribution in [1.29, 1.82) is 0 Å². The van der Waals surface area contributed by atoms with Crippen LogP contribution in [0.3, 0.4) is 0 Å². The number of hydrogen-bond donors (Lipinski definition) is 0. The van der Waals surface area contributed by atoms with Crippen molar-refractivity contribution in [3.8, 4) is 11.5 Å². The second-order valence-electron chi connectivity index (χ2n) is 3.56. The number of rotatable bonds is 4. The van der Waals surface area contributed by atoms with E-state index in [1.807, 2.05) is 0 Å². The maximum absolute atomic E-state index is 11.3. The maximum atomic E-state index is 11.3. The van der Waals surface area contributed by atoms with Gasteiger partial charge in [0, 0.05) is 0 Å². The van der Waals surface area contributed by atoms with Crippen LogP contribution in [0.1, 0.15) is 0 Å². The van der Waals surface area contributed by atoms with Crippen molar-refractivity contribution in [3.05, 3.63) is 60.7 Å². The number of para-hydroxylation sites is 2. The number of benzene rings is 2. The van der Waals surface area contributed by atoms with Gasteiger partial charge in [-0.15, -0.1) is 0 Å². The average Bonchev–Trinajstić information content (AvgIpc) is 2.49. The highest BCUT2D eigenvalue weighted by molar-refractivity contribution is 7.90. The Morgan fingerprint density at radius 1 is 0.667 bits per heavy atom. The molecular weight excluding hydrogens is 296 g/mol. The molecule has 0 N–H and O–H groups in total. The number of hydrogen-bond acceptors (Lipinski definition) is 7. The van der Waals surface area contributed by atoms with Crippen molar-refractivity contribution in [1.82, 2.24) is 0 Å². The van der Waals surface area contributed by atoms with E-state index in [0.717, 1.165) is 0 Å². The van der Waals surface area contributed by atoms with Crippen LogP contribution in [0.15, 0.2) is 60.7 Å². The molecule has 0 spiro atoms. The van der Waals surface area contributed by atoms with Gasteiger partial charge in [-0.2, -0.15) is 0 Å². The lowest BCUT2D eigenvalue weighted by atomic mass is 10.3. The molecule has 2 aromatic rings. The van der Waals surface area contributed by atoms with Crippen molar-refractivity contribution in [2.45, 2.75) is 0 Å². The SMILES string of the molecule is O=C(OSOC(=O)Oc1ccccc1)Oc1ccccc1. The second kappa shape index (κ2) is 7.81. The van der Waals surface area contributed by atoms with Crippen LogP contribution >= 0.6 is 12.3 Å². The first-order valence-electron chi connectivity index (χ1n) is 5.79. The van der Waals surface area contributed by atoms with E-state index >= 15 is 0 Å². The zero-order chi connectivity index (χ0) is 14.9. The standard InChI is InChI=1S/C14H10O6S/c15-13(17-11-7-3-1-4-8-11)19-21-20-14(16)18-12-9-5-2-6-10-12/h1-10H. The Hall–Kier alpha value is -2.67. The molecule has 0 amide bonds. The third-order valence-corrected chi connectivity index (χ3v) is 2.50. The summed E-state index contributed by atoms with van der Waals surface area (Å²) in [4.78, 5) is 22.5. The van der Waals surface area contributed by atoms with Crippen LogP contribution < -0.4 is 9.47 Å². The first-order valence-corrected chi connectivity index (χ1v) is 6.45. The van der Waals surface area contributed by atoms with Gasteiger partial charge in [-0.1, -0.05) is 36.4 Å². The summed E-state index contributed by atoms with van der Waals surface area (Å²) in [5.41, 5.74) is 0. The molecule has 7 heteroatoms. The summed E-state index contributed by atoms with van der Waals surface area (Å²) >= 11 is 0.159. The van der Waals surface area contributed by atoms with Crippen molar-refractivity contribution in [3.63, 3.8) is 0 Å². The van der Waals surface area contributed by atoms with E-state index in [4.69, 9.17) is 9.47 Å². The summed E-state index contributed by atoms with van der Waals surface area (Å²) in [6.45, 7) is 0. The van der Waals surface area contributed by atoms with E-state index in [0.29, 0.717) is 11.5 Å². The Bertz CT molecular complexity index is 533. The predicted molar refractivity (Wildman–Crippen MR) is 74.7 cm³/mol. The first kappa shape index (κ1) is 14.7. The first-order chi connectivity index (χ1) is 10.2. The van der Waals surface area contributed by atoms with Crippen LogP contribution in [0, 0.1) is 0 Å². The van der Waals surface area contributed by atoms with Gasteiger partial charge in [-0.05, 0) is 24.3 Å². The number of carbonyl (C=O) groups excluding carboxylic acids is 2. The molecule has 0 saturated heterocycles. The molecule has 2 aromatic carbocycles. The quantitative estimate of drug-likeness (QED) is 0.480. The van der Waals surface area contributed by atoms with E-state index in [1.54, 1.807) is 60.7 Å². The van der Waals surface area contributed by atoms with Crippen LogP contribution in [-0.4, -0.2) is 12.3 Å².